The van der Waals surface area contributed by atoms with Crippen molar-refractivity contribution in [3.8, 4) is 23.4 Å². The van der Waals surface area contributed by atoms with Crippen molar-refractivity contribution >= 4 is 17.5 Å². The molecule has 1 N–H and O–H groups in total. The van der Waals surface area contributed by atoms with Crippen molar-refractivity contribution in [1.29, 1.82) is 10.5 Å². The summed E-state index contributed by atoms with van der Waals surface area (Å²) in [5.74, 6) is 0.479. The van der Waals surface area contributed by atoms with E-state index in [0.29, 0.717) is 30.0 Å². The lowest BCUT2D eigenvalue weighted by Crippen LogP contribution is -2.41. The molecule has 1 unspecified atom stereocenters. The molecule has 0 bridgehead atoms. The number of amides is 1. The molecule has 2 aromatic heterocycles. The van der Waals surface area contributed by atoms with Gasteiger partial charge < -0.3 is 10.2 Å². The molecule has 33 heavy (non-hydrogen) atoms. The van der Waals surface area contributed by atoms with Gasteiger partial charge in [-0.25, -0.2) is 9.97 Å². The van der Waals surface area contributed by atoms with Crippen LogP contribution in [0.25, 0.3) is 11.3 Å². The van der Waals surface area contributed by atoms with Crippen molar-refractivity contribution in [1.82, 2.24) is 24.6 Å². The number of benzene rings is 1. The molecule has 1 aromatic carbocycles. The van der Waals surface area contributed by atoms with Gasteiger partial charge >= 0.3 is 0 Å². The minimum Gasteiger partial charge on any atom is -0.339 e. The van der Waals surface area contributed by atoms with Gasteiger partial charge in [-0.3, -0.25) is 9.48 Å². The molecule has 166 valence electrons. The summed E-state index contributed by atoms with van der Waals surface area (Å²) in [6, 6.07) is 13.4. The standard InChI is InChI=1S/C24H24N8O/c1-24(10-12-26,9-2-11-25)32-17-19(16-28-32)21-8-13-27-23(30-21)29-20-6-4-18(5-7-20)22(33)31-14-3-15-31/h4-8,13,16-17H,2-3,9-10,14-15H2,1H3,(H,27,29,30). The fourth-order valence-electron chi connectivity index (χ4n) is 3.64. The summed E-state index contributed by atoms with van der Waals surface area (Å²) in [6.45, 7) is 3.57. The molecule has 1 aliphatic rings. The highest BCUT2D eigenvalue weighted by molar-refractivity contribution is 5.95. The molecule has 1 atom stereocenters. The quantitative estimate of drug-likeness (QED) is 0.564. The fraction of sp³-hybridized carbons (Fsp3) is 0.333. The lowest BCUT2D eigenvalue weighted by Gasteiger charge is -2.30. The fourth-order valence-corrected chi connectivity index (χ4v) is 3.64. The molecule has 1 amide bonds. The Kier molecular flexibility index (Phi) is 6.32. The van der Waals surface area contributed by atoms with E-state index in [-0.39, 0.29) is 12.3 Å². The highest BCUT2D eigenvalue weighted by Gasteiger charge is 2.27. The highest BCUT2D eigenvalue weighted by atomic mass is 16.2. The number of anilines is 2. The summed E-state index contributed by atoms with van der Waals surface area (Å²) in [6.07, 6.45) is 7.40. The van der Waals surface area contributed by atoms with Crippen molar-refractivity contribution in [3.05, 3.63) is 54.5 Å². The van der Waals surface area contributed by atoms with E-state index in [1.165, 1.54) is 0 Å². The Labute approximate surface area is 192 Å². The molecule has 3 aromatic rings. The minimum atomic E-state index is -0.563. The van der Waals surface area contributed by atoms with Crippen LogP contribution in [-0.4, -0.2) is 43.6 Å². The summed E-state index contributed by atoms with van der Waals surface area (Å²) >= 11 is 0. The summed E-state index contributed by atoms with van der Waals surface area (Å²) in [5, 5.41) is 25.8. The topological polar surface area (TPSA) is 124 Å². The maximum absolute atomic E-state index is 12.3. The number of hydrogen-bond donors (Lipinski definition) is 1. The third-order valence-electron chi connectivity index (χ3n) is 5.85. The molecule has 0 spiro atoms. The number of likely N-dealkylation sites (tertiary alicyclic amines) is 1. The van der Waals surface area contributed by atoms with Crippen LogP contribution >= 0.6 is 0 Å². The molecular weight excluding hydrogens is 416 g/mol. The van der Waals surface area contributed by atoms with Gasteiger partial charge in [0.15, 0.2) is 0 Å². The van der Waals surface area contributed by atoms with Crippen LogP contribution in [0.4, 0.5) is 11.6 Å². The zero-order chi connectivity index (χ0) is 23.3. The average Bonchev–Trinajstić information content (AvgIpc) is 3.29. The average molecular weight is 441 g/mol. The molecule has 9 nitrogen and oxygen atoms in total. The largest absolute Gasteiger partial charge is 0.339 e. The number of aromatic nitrogens is 4. The summed E-state index contributed by atoms with van der Waals surface area (Å²) in [7, 11) is 0. The zero-order valence-electron chi connectivity index (χ0n) is 18.4. The van der Waals surface area contributed by atoms with Gasteiger partial charge in [0.05, 0.1) is 36.0 Å². The molecule has 0 aliphatic carbocycles. The first-order valence-electron chi connectivity index (χ1n) is 10.8. The number of hydrogen-bond acceptors (Lipinski definition) is 7. The lowest BCUT2D eigenvalue weighted by molar-refractivity contribution is 0.0652. The smallest absolute Gasteiger partial charge is 0.253 e. The summed E-state index contributed by atoms with van der Waals surface area (Å²) in [5.41, 5.74) is 2.35. The molecular formula is C24H24N8O. The number of nitrogens with zero attached hydrogens (tertiary/aromatic N) is 7. The molecule has 0 saturated carbocycles. The van der Waals surface area contributed by atoms with Gasteiger partial charge in [0.1, 0.15) is 0 Å². The Balaban J connectivity index is 1.49. The monoisotopic (exact) mass is 440 g/mol. The number of nitrogens with one attached hydrogen (secondary N) is 1. The van der Waals surface area contributed by atoms with Crippen LogP contribution in [0.2, 0.25) is 0 Å². The first-order valence-corrected chi connectivity index (χ1v) is 10.8. The Morgan fingerprint density at radius 2 is 1.97 bits per heavy atom. The highest BCUT2D eigenvalue weighted by Crippen LogP contribution is 2.28. The third kappa shape index (κ3) is 4.83. The van der Waals surface area contributed by atoms with E-state index in [9.17, 15) is 10.1 Å². The lowest BCUT2D eigenvalue weighted by atomic mass is 9.93. The van der Waals surface area contributed by atoms with Crippen LogP contribution in [0, 0.1) is 22.7 Å². The molecule has 1 fully saturated rings. The van der Waals surface area contributed by atoms with E-state index >= 15 is 0 Å². The Morgan fingerprint density at radius 1 is 1.18 bits per heavy atom. The van der Waals surface area contributed by atoms with E-state index in [2.05, 4.69) is 32.5 Å². The van der Waals surface area contributed by atoms with Crippen molar-refractivity contribution in [2.45, 2.75) is 38.1 Å². The van der Waals surface area contributed by atoms with Gasteiger partial charge in [-0.1, -0.05) is 0 Å². The molecule has 4 rings (SSSR count). The van der Waals surface area contributed by atoms with Gasteiger partial charge in [0.25, 0.3) is 5.91 Å². The minimum absolute atomic E-state index is 0.0567. The third-order valence-corrected chi connectivity index (χ3v) is 5.85. The van der Waals surface area contributed by atoms with Crippen LogP contribution in [-0.2, 0) is 5.54 Å². The number of carbonyl (C=O) groups is 1. The van der Waals surface area contributed by atoms with Gasteiger partial charge in [0.2, 0.25) is 5.95 Å². The zero-order valence-corrected chi connectivity index (χ0v) is 18.4. The van der Waals surface area contributed by atoms with Crippen molar-refractivity contribution < 1.29 is 4.79 Å². The molecule has 1 saturated heterocycles. The van der Waals surface area contributed by atoms with Gasteiger partial charge in [0, 0.05) is 48.7 Å². The number of nitriles is 2. The van der Waals surface area contributed by atoms with E-state index in [1.54, 1.807) is 35.3 Å². The van der Waals surface area contributed by atoms with Crippen LogP contribution < -0.4 is 5.32 Å². The van der Waals surface area contributed by atoms with Crippen molar-refractivity contribution in [3.63, 3.8) is 0 Å². The number of carbonyl (C=O) groups excluding carboxylic acids is 1. The van der Waals surface area contributed by atoms with Crippen LogP contribution in [0.1, 0.15) is 43.0 Å². The maximum atomic E-state index is 12.3. The number of rotatable bonds is 8. The van der Waals surface area contributed by atoms with Gasteiger partial charge in [-0.05, 0) is 50.1 Å². The van der Waals surface area contributed by atoms with E-state index < -0.39 is 5.54 Å². The van der Waals surface area contributed by atoms with Crippen LogP contribution in [0.15, 0.2) is 48.9 Å². The van der Waals surface area contributed by atoms with Crippen LogP contribution in [0.5, 0.6) is 0 Å². The second-order valence-corrected chi connectivity index (χ2v) is 8.28. The Morgan fingerprint density at radius 3 is 2.64 bits per heavy atom. The second-order valence-electron chi connectivity index (χ2n) is 8.28. The Bertz CT molecular complexity index is 1220. The van der Waals surface area contributed by atoms with Gasteiger partial charge in [-0.15, -0.1) is 0 Å². The van der Waals surface area contributed by atoms with Gasteiger partial charge in [-0.2, -0.15) is 15.6 Å². The van der Waals surface area contributed by atoms with Crippen molar-refractivity contribution in [2.24, 2.45) is 0 Å². The van der Waals surface area contributed by atoms with Crippen molar-refractivity contribution in [2.75, 3.05) is 18.4 Å². The SMILES string of the molecule is CC(CC#N)(CCC#N)n1cc(-c2ccnc(Nc3ccc(C(=O)N4CCC4)cc3)n2)cn1. The molecule has 9 heteroatoms. The van der Waals surface area contributed by atoms with E-state index in [4.69, 9.17) is 5.26 Å². The summed E-state index contributed by atoms with van der Waals surface area (Å²) < 4.78 is 1.74. The maximum Gasteiger partial charge on any atom is 0.253 e. The molecule has 3 heterocycles. The predicted octanol–water partition coefficient (Wildman–Crippen LogP) is 3.86. The Hall–Kier alpha value is -4.24. The normalized spacial score (nSPS) is 14.5. The molecule has 0 radical (unpaired) electrons. The second kappa shape index (κ2) is 9.49. The first-order chi connectivity index (χ1) is 16.0. The van der Waals surface area contributed by atoms with Crippen LogP contribution in [0.3, 0.4) is 0 Å². The van der Waals surface area contributed by atoms with E-state index in [1.807, 2.05) is 30.2 Å². The first kappa shape index (κ1) is 22.0. The van der Waals surface area contributed by atoms with E-state index in [0.717, 1.165) is 30.8 Å². The summed E-state index contributed by atoms with van der Waals surface area (Å²) in [4.78, 5) is 23.0. The predicted molar refractivity (Wildman–Crippen MR) is 122 cm³/mol. The molecule has 1 aliphatic heterocycles.